The Kier molecular flexibility index (Phi) is 5.15. The zero-order chi connectivity index (χ0) is 17.9. The number of aromatic nitrogens is 3. The van der Waals surface area contributed by atoms with Crippen molar-refractivity contribution >= 4 is 17.7 Å². The van der Waals surface area contributed by atoms with Gasteiger partial charge in [-0.05, 0) is 50.2 Å². The molecule has 2 aliphatic carbocycles. The monoisotopic (exact) mass is 372 g/mol. The highest BCUT2D eigenvalue weighted by Crippen LogP contribution is 2.44. The van der Waals surface area contributed by atoms with Gasteiger partial charge in [0, 0.05) is 6.04 Å². The van der Waals surface area contributed by atoms with Crippen molar-refractivity contribution in [2.45, 2.75) is 43.8 Å². The molecule has 2 fully saturated rings. The Morgan fingerprint density at radius 1 is 1.35 bits per heavy atom. The molecule has 1 heterocycles. The van der Waals surface area contributed by atoms with E-state index in [1.807, 2.05) is 31.2 Å². The minimum atomic E-state index is 0.0774. The minimum Gasteiger partial charge on any atom is -0.493 e. The number of amides is 1. The summed E-state index contributed by atoms with van der Waals surface area (Å²) in [6.07, 6.45) is 5.06. The lowest BCUT2D eigenvalue weighted by molar-refractivity contribution is -0.119. The predicted octanol–water partition coefficient (Wildman–Crippen LogP) is 3.27. The summed E-state index contributed by atoms with van der Waals surface area (Å²) in [6, 6.07) is 8.11. The Bertz CT molecular complexity index is 778. The SMILES string of the molecule is CCOc1ccccc1-c1nc(SCC(=O)N[C@H]2C[C@@H]3CC[C@H]2C3)n[nH]1. The second-order valence-electron chi connectivity index (χ2n) is 7.03. The molecule has 1 amide bonds. The molecule has 26 heavy (non-hydrogen) atoms. The second-order valence-corrected chi connectivity index (χ2v) is 7.98. The molecule has 2 aliphatic rings. The van der Waals surface area contributed by atoms with E-state index in [0.29, 0.717) is 35.3 Å². The number of nitrogens with one attached hydrogen (secondary N) is 2. The van der Waals surface area contributed by atoms with Gasteiger partial charge >= 0.3 is 0 Å². The third kappa shape index (κ3) is 3.72. The molecule has 0 radical (unpaired) electrons. The van der Waals surface area contributed by atoms with E-state index in [-0.39, 0.29) is 5.91 Å². The molecule has 0 saturated heterocycles. The third-order valence-electron chi connectivity index (χ3n) is 5.32. The van der Waals surface area contributed by atoms with Gasteiger partial charge in [-0.15, -0.1) is 5.10 Å². The second kappa shape index (κ2) is 7.70. The van der Waals surface area contributed by atoms with E-state index in [1.165, 1.54) is 31.0 Å². The number of hydrogen-bond donors (Lipinski definition) is 2. The maximum Gasteiger partial charge on any atom is 0.230 e. The van der Waals surface area contributed by atoms with Gasteiger partial charge in [0.1, 0.15) is 5.75 Å². The van der Waals surface area contributed by atoms with Crippen LogP contribution in [0.4, 0.5) is 0 Å². The lowest BCUT2D eigenvalue weighted by atomic mass is 9.95. The zero-order valence-electron chi connectivity index (χ0n) is 14.9. The maximum atomic E-state index is 12.2. The van der Waals surface area contributed by atoms with Crippen molar-refractivity contribution in [3.05, 3.63) is 24.3 Å². The number of benzene rings is 1. The average molecular weight is 372 g/mol. The largest absolute Gasteiger partial charge is 0.493 e. The standard InChI is InChI=1S/C19H24N4O2S/c1-2-25-16-6-4-3-5-14(16)18-21-19(23-22-18)26-11-17(24)20-15-10-12-7-8-13(15)9-12/h3-6,12-13,15H,2,7-11H2,1H3,(H,20,24)(H,21,22,23)/t12-,13+,15+/m1/s1. The van der Waals surface area contributed by atoms with Crippen molar-refractivity contribution in [1.82, 2.24) is 20.5 Å². The molecule has 7 heteroatoms. The number of H-pyrrole nitrogens is 1. The highest BCUT2D eigenvalue weighted by molar-refractivity contribution is 7.99. The van der Waals surface area contributed by atoms with Crippen LogP contribution < -0.4 is 10.1 Å². The molecule has 6 nitrogen and oxygen atoms in total. The van der Waals surface area contributed by atoms with Gasteiger partial charge in [0.05, 0.1) is 17.9 Å². The summed E-state index contributed by atoms with van der Waals surface area (Å²) in [5, 5.41) is 11.0. The molecule has 4 rings (SSSR count). The van der Waals surface area contributed by atoms with Crippen LogP contribution in [0.25, 0.3) is 11.4 Å². The van der Waals surface area contributed by atoms with E-state index in [9.17, 15) is 4.79 Å². The van der Waals surface area contributed by atoms with Crippen LogP contribution in [0.15, 0.2) is 29.4 Å². The Balaban J connectivity index is 1.33. The summed E-state index contributed by atoms with van der Waals surface area (Å²) < 4.78 is 5.64. The van der Waals surface area contributed by atoms with Gasteiger partial charge in [-0.25, -0.2) is 4.98 Å². The first-order chi connectivity index (χ1) is 12.7. The Hall–Kier alpha value is -2.02. The van der Waals surface area contributed by atoms with Crippen LogP contribution in [0.2, 0.25) is 0 Å². The molecule has 0 spiro atoms. The molecule has 2 N–H and O–H groups in total. The van der Waals surface area contributed by atoms with Crippen molar-refractivity contribution in [2.75, 3.05) is 12.4 Å². The number of hydrogen-bond acceptors (Lipinski definition) is 5. The highest BCUT2D eigenvalue weighted by atomic mass is 32.2. The van der Waals surface area contributed by atoms with Gasteiger partial charge in [0.25, 0.3) is 0 Å². The molecule has 2 bridgehead atoms. The van der Waals surface area contributed by atoms with E-state index >= 15 is 0 Å². The zero-order valence-corrected chi connectivity index (χ0v) is 15.7. The van der Waals surface area contributed by atoms with Crippen LogP contribution in [0.5, 0.6) is 5.75 Å². The molecule has 2 aromatic rings. The number of para-hydroxylation sites is 1. The number of aromatic amines is 1. The molecule has 3 atom stereocenters. The molecular formula is C19H24N4O2S. The van der Waals surface area contributed by atoms with Crippen LogP contribution in [0, 0.1) is 11.8 Å². The van der Waals surface area contributed by atoms with E-state index in [0.717, 1.165) is 23.7 Å². The minimum absolute atomic E-state index is 0.0774. The lowest BCUT2D eigenvalue weighted by Gasteiger charge is -2.22. The van der Waals surface area contributed by atoms with Crippen LogP contribution >= 0.6 is 11.8 Å². The van der Waals surface area contributed by atoms with Crippen molar-refractivity contribution in [2.24, 2.45) is 11.8 Å². The van der Waals surface area contributed by atoms with Crippen LogP contribution in [-0.4, -0.2) is 39.5 Å². The first kappa shape index (κ1) is 17.4. The maximum absolute atomic E-state index is 12.2. The number of thioether (sulfide) groups is 1. The van der Waals surface area contributed by atoms with E-state index in [2.05, 4.69) is 20.5 Å². The number of carbonyl (C=O) groups is 1. The van der Waals surface area contributed by atoms with E-state index in [1.54, 1.807) is 0 Å². The number of ether oxygens (including phenoxy) is 1. The molecule has 1 aromatic carbocycles. The summed E-state index contributed by atoms with van der Waals surface area (Å²) >= 11 is 1.36. The van der Waals surface area contributed by atoms with Gasteiger partial charge in [0.2, 0.25) is 11.1 Å². The topological polar surface area (TPSA) is 79.9 Å². The number of rotatable bonds is 7. The van der Waals surface area contributed by atoms with Crippen molar-refractivity contribution in [3.8, 4) is 17.1 Å². The van der Waals surface area contributed by atoms with Gasteiger partial charge < -0.3 is 10.1 Å². The van der Waals surface area contributed by atoms with E-state index in [4.69, 9.17) is 4.74 Å². The third-order valence-corrected chi connectivity index (χ3v) is 6.17. The normalized spacial score (nSPS) is 24.0. The summed E-state index contributed by atoms with van der Waals surface area (Å²) in [4.78, 5) is 16.7. The van der Waals surface area contributed by atoms with Crippen LogP contribution in [0.3, 0.4) is 0 Å². The first-order valence-corrected chi connectivity index (χ1v) is 10.3. The Morgan fingerprint density at radius 3 is 3.00 bits per heavy atom. The Labute approximate surface area is 157 Å². The lowest BCUT2D eigenvalue weighted by Crippen LogP contribution is -2.39. The molecule has 1 aromatic heterocycles. The molecule has 0 aliphatic heterocycles. The van der Waals surface area contributed by atoms with Crippen LogP contribution in [-0.2, 0) is 4.79 Å². The fourth-order valence-electron chi connectivity index (χ4n) is 4.18. The highest BCUT2D eigenvalue weighted by Gasteiger charge is 2.40. The summed E-state index contributed by atoms with van der Waals surface area (Å²) in [5.74, 6) is 3.38. The van der Waals surface area contributed by atoms with Gasteiger partial charge in [0.15, 0.2) is 5.82 Å². The first-order valence-electron chi connectivity index (χ1n) is 9.29. The Morgan fingerprint density at radius 2 is 2.23 bits per heavy atom. The molecular weight excluding hydrogens is 348 g/mol. The quantitative estimate of drug-likeness (QED) is 0.729. The fourth-order valence-corrected chi connectivity index (χ4v) is 4.78. The number of carbonyl (C=O) groups excluding carboxylic acids is 1. The fraction of sp³-hybridized carbons (Fsp3) is 0.526. The predicted molar refractivity (Wildman–Crippen MR) is 101 cm³/mol. The summed E-state index contributed by atoms with van der Waals surface area (Å²) in [7, 11) is 0. The van der Waals surface area contributed by atoms with Crippen molar-refractivity contribution in [3.63, 3.8) is 0 Å². The summed E-state index contributed by atoms with van der Waals surface area (Å²) in [6.45, 7) is 2.54. The van der Waals surface area contributed by atoms with Crippen LogP contribution in [0.1, 0.15) is 32.6 Å². The van der Waals surface area contributed by atoms with Crippen molar-refractivity contribution in [1.29, 1.82) is 0 Å². The molecule has 2 saturated carbocycles. The van der Waals surface area contributed by atoms with Gasteiger partial charge in [-0.1, -0.05) is 30.3 Å². The number of fused-ring (bicyclic) bond motifs is 2. The molecule has 0 unspecified atom stereocenters. The van der Waals surface area contributed by atoms with Gasteiger partial charge in [-0.3, -0.25) is 9.89 Å². The molecule has 138 valence electrons. The van der Waals surface area contributed by atoms with E-state index < -0.39 is 0 Å². The van der Waals surface area contributed by atoms with Crippen molar-refractivity contribution < 1.29 is 9.53 Å². The number of nitrogens with zero attached hydrogens (tertiary/aromatic N) is 2. The van der Waals surface area contributed by atoms with Gasteiger partial charge in [-0.2, -0.15) is 0 Å². The smallest absolute Gasteiger partial charge is 0.230 e. The average Bonchev–Trinajstić information content (AvgIpc) is 3.38. The summed E-state index contributed by atoms with van der Waals surface area (Å²) in [5.41, 5.74) is 0.875.